The smallest absolute Gasteiger partial charge is 0.152 e. The van der Waals surface area contributed by atoms with E-state index in [1.54, 1.807) is 18.0 Å². The standard InChI is InChI=1S/C15H14N4O2/c1-10-17-6-11-7-19(15(2)3-4-21-9-15)13(8-20)12(5-16)14(11)18-10/h6-7H,3-4,9H2,1-2H3. The molecule has 1 saturated heterocycles. The van der Waals surface area contributed by atoms with Crippen molar-refractivity contribution in [1.29, 1.82) is 5.26 Å². The molecule has 2 aliphatic rings. The largest absolute Gasteiger partial charge is 0.379 e. The van der Waals surface area contributed by atoms with E-state index in [9.17, 15) is 10.1 Å². The summed E-state index contributed by atoms with van der Waals surface area (Å²) >= 11 is 0. The van der Waals surface area contributed by atoms with E-state index in [2.05, 4.69) is 16.0 Å². The maximum absolute atomic E-state index is 11.5. The van der Waals surface area contributed by atoms with Crippen LogP contribution in [0.4, 0.5) is 0 Å². The van der Waals surface area contributed by atoms with Gasteiger partial charge in [0.05, 0.1) is 17.5 Å². The summed E-state index contributed by atoms with van der Waals surface area (Å²) in [5.41, 5.74) is 0.0921. The highest BCUT2D eigenvalue weighted by molar-refractivity contribution is 5.86. The van der Waals surface area contributed by atoms with Gasteiger partial charge in [-0.25, -0.2) is 14.8 Å². The van der Waals surface area contributed by atoms with Gasteiger partial charge in [0.1, 0.15) is 23.2 Å². The minimum absolute atomic E-state index is 0.219. The van der Waals surface area contributed by atoms with E-state index in [-0.39, 0.29) is 16.8 Å². The number of nitriles is 1. The van der Waals surface area contributed by atoms with Crippen LogP contribution >= 0.6 is 0 Å². The van der Waals surface area contributed by atoms with Crippen molar-refractivity contribution in [3.05, 3.63) is 28.3 Å². The van der Waals surface area contributed by atoms with Crippen LogP contribution in [0.1, 0.15) is 19.2 Å². The molecule has 0 saturated carbocycles. The van der Waals surface area contributed by atoms with Crippen molar-refractivity contribution in [3.8, 4) is 6.07 Å². The third-order valence-electron chi connectivity index (χ3n) is 3.91. The Hall–Kier alpha value is -2.48. The van der Waals surface area contributed by atoms with E-state index < -0.39 is 0 Å². The van der Waals surface area contributed by atoms with Crippen LogP contribution in [-0.4, -0.2) is 39.6 Å². The first-order chi connectivity index (χ1) is 10.1. The van der Waals surface area contributed by atoms with Crippen molar-refractivity contribution in [1.82, 2.24) is 14.9 Å². The Morgan fingerprint density at radius 1 is 1.52 bits per heavy atom. The zero-order valence-electron chi connectivity index (χ0n) is 11.9. The molecule has 6 nitrogen and oxygen atoms in total. The summed E-state index contributed by atoms with van der Waals surface area (Å²) in [6, 6.07) is 2.08. The van der Waals surface area contributed by atoms with E-state index in [1.165, 1.54) is 0 Å². The molecule has 1 unspecified atom stereocenters. The number of hydrogen-bond donors (Lipinski definition) is 0. The van der Waals surface area contributed by atoms with E-state index in [4.69, 9.17) is 4.74 Å². The lowest BCUT2D eigenvalue weighted by Crippen LogP contribution is -2.49. The van der Waals surface area contributed by atoms with Crippen LogP contribution in [0.15, 0.2) is 11.9 Å². The molecule has 0 aliphatic carbocycles. The van der Waals surface area contributed by atoms with Gasteiger partial charge in [-0.05, 0) is 20.3 Å². The van der Waals surface area contributed by atoms with Gasteiger partial charge in [0.2, 0.25) is 0 Å². The lowest BCUT2D eigenvalue weighted by molar-refractivity contribution is 0.146. The van der Waals surface area contributed by atoms with Crippen molar-refractivity contribution < 1.29 is 9.53 Å². The molecule has 1 aromatic rings. The minimum atomic E-state index is -0.364. The van der Waals surface area contributed by atoms with Crippen molar-refractivity contribution in [2.24, 2.45) is 0 Å². The summed E-state index contributed by atoms with van der Waals surface area (Å²) in [4.78, 5) is 21.7. The molecule has 0 radical (unpaired) electrons. The highest BCUT2D eigenvalue weighted by Gasteiger charge is 2.39. The van der Waals surface area contributed by atoms with Gasteiger partial charge >= 0.3 is 0 Å². The maximum atomic E-state index is 11.5. The molecule has 0 aromatic carbocycles. The molecule has 3 rings (SSSR count). The molecule has 21 heavy (non-hydrogen) atoms. The molecule has 1 fully saturated rings. The Morgan fingerprint density at radius 3 is 2.95 bits per heavy atom. The highest BCUT2D eigenvalue weighted by atomic mass is 16.5. The van der Waals surface area contributed by atoms with Crippen molar-refractivity contribution in [3.63, 3.8) is 0 Å². The van der Waals surface area contributed by atoms with Crippen LogP contribution in [0.3, 0.4) is 0 Å². The number of rotatable bonds is 1. The number of hydrogen-bond acceptors (Lipinski definition) is 6. The Kier molecular flexibility index (Phi) is 3.09. The van der Waals surface area contributed by atoms with Gasteiger partial charge in [-0.3, -0.25) is 0 Å². The van der Waals surface area contributed by atoms with E-state index in [0.29, 0.717) is 24.4 Å². The summed E-state index contributed by atoms with van der Waals surface area (Å²) in [6.07, 6.45) is 4.25. The second-order valence-electron chi connectivity index (χ2n) is 5.46. The van der Waals surface area contributed by atoms with Crippen LogP contribution in [-0.2, 0) is 9.53 Å². The maximum Gasteiger partial charge on any atom is 0.152 e. The van der Waals surface area contributed by atoms with Gasteiger partial charge in [0.15, 0.2) is 5.94 Å². The van der Waals surface area contributed by atoms with Crippen LogP contribution < -0.4 is 10.6 Å². The van der Waals surface area contributed by atoms with Gasteiger partial charge in [-0.15, -0.1) is 0 Å². The molecule has 0 N–H and O–H groups in total. The number of aromatic nitrogens is 2. The fourth-order valence-electron chi connectivity index (χ4n) is 2.69. The van der Waals surface area contributed by atoms with Crippen molar-refractivity contribution in [2.75, 3.05) is 13.2 Å². The fraction of sp³-hybridized carbons (Fsp3) is 0.400. The van der Waals surface area contributed by atoms with Crippen LogP contribution in [0.25, 0.3) is 11.8 Å². The number of allylic oxidation sites excluding steroid dienone is 1. The molecular weight excluding hydrogens is 268 g/mol. The molecule has 1 atom stereocenters. The van der Waals surface area contributed by atoms with Gasteiger partial charge < -0.3 is 9.64 Å². The van der Waals surface area contributed by atoms with E-state index in [1.807, 2.05) is 19.1 Å². The highest BCUT2D eigenvalue weighted by Crippen LogP contribution is 2.31. The molecule has 0 amide bonds. The molecular formula is C15H14N4O2. The zero-order chi connectivity index (χ0) is 15.0. The quantitative estimate of drug-likeness (QED) is 0.640. The SMILES string of the molecule is Cc1ncc2c(n1)=C(C#N)C(=C=O)N(C1(C)CCOC1)C=2. The van der Waals surface area contributed by atoms with Crippen LogP contribution in [0.2, 0.25) is 0 Å². The molecule has 6 heteroatoms. The van der Waals surface area contributed by atoms with Crippen molar-refractivity contribution in [2.45, 2.75) is 25.8 Å². The number of fused-ring (bicyclic) bond motifs is 1. The Morgan fingerprint density at radius 2 is 2.33 bits per heavy atom. The van der Waals surface area contributed by atoms with Crippen LogP contribution in [0.5, 0.6) is 0 Å². The summed E-state index contributed by atoms with van der Waals surface area (Å²) < 4.78 is 5.45. The number of ether oxygens (including phenoxy) is 1. The average Bonchev–Trinajstić information content (AvgIpc) is 2.93. The monoisotopic (exact) mass is 282 g/mol. The third kappa shape index (κ3) is 2.04. The van der Waals surface area contributed by atoms with Crippen LogP contribution in [0, 0.1) is 18.3 Å². The zero-order valence-corrected chi connectivity index (χ0v) is 11.9. The number of nitrogens with zero attached hydrogens (tertiary/aromatic N) is 4. The Labute approximate surface area is 121 Å². The molecule has 0 spiro atoms. The minimum Gasteiger partial charge on any atom is -0.379 e. The fourth-order valence-corrected chi connectivity index (χ4v) is 2.69. The topological polar surface area (TPSA) is 79.1 Å². The normalized spacial score (nSPS) is 24.1. The summed E-state index contributed by atoms with van der Waals surface area (Å²) in [5.74, 6) is 2.46. The second kappa shape index (κ2) is 4.81. The Bertz CT molecular complexity index is 809. The second-order valence-corrected chi connectivity index (χ2v) is 5.46. The molecule has 2 aliphatic heterocycles. The van der Waals surface area contributed by atoms with Gasteiger partial charge in [0.25, 0.3) is 0 Å². The predicted octanol–water partition coefficient (Wildman–Crippen LogP) is -0.593. The van der Waals surface area contributed by atoms with Gasteiger partial charge in [0, 0.05) is 24.2 Å². The number of carbonyl (C=O) groups excluding carboxylic acids is 1. The molecule has 106 valence electrons. The first-order valence-electron chi connectivity index (χ1n) is 6.67. The summed E-state index contributed by atoms with van der Waals surface area (Å²) in [6.45, 7) is 4.88. The molecule has 3 heterocycles. The summed E-state index contributed by atoms with van der Waals surface area (Å²) in [7, 11) is 0. The van der Waals surface area contributed by atoms with Crippen molar-refractivity contribution >= 4 is 17.7 Å². The van der Waals surface area contributed by atoms with Gasteiger partial charge in [-0.2, -0.15) is 5.26 Å². The lowest BCUT2D eigenvalue weighted by Gasteiger charge is -2.37. The third-order valence-corrected chi connectivity index (χ3v) is 3.91. The molecule has 0 bridgehead atoms. The summed E-state index contributed by atoms with van der Waals surface area (Å²) in [5, 5.41) is 10.7. The lowest BCUT2D eigenvalue weighted by atomic mass is 9.95. The molecule has 1 aromatic heterocycles. The Balaban J connectivity index is 2.31. The first-order valence-corrected chi connectivity index (χ1v) is 6.67. The first kappa shape index (κ1) is 13.5. The number of aryl methyl sites for hydroxylation is 1. The van der Waals surface area contributed by atoms with E-state index >= 15 is 0 Å². The van der Waals surface area contributed by atoms with E-state index in [0.717, 1.165) is 11.6 Å². The van der Waals surface area contributed by atoms with Gasteiger partial charge in [-0.1, -0.05) is 0 Å². The average molecular weight is 282 g/mol. The predicted molar refractivity (Wildman–Crippen MR) is 74.4 cm³/mol.